The van der Waals surface area contributed by atoms with Crippen LogP contribution in [0.15, 0.2) is 70.6 Å². The van der Waals surface area contributed by atoms with Gasteiger partial charge in [0.15, 0.2) is 0 Å². The van der Waals surface area contributed by atoms with Gasteiger partial charge in [0.05, 0.1) is 4.90 Å². The van der Waals surface area contributed by atoms with Crippen molar-refractivity contribution in [3.63, 3.8) is 0 Å². The summed E-state index contributed by atoms with van der Waals surface area (Å²) >= 11 is 0. The molecule has 0 radical (unpaired) electrons. The minimum atomic E-state index is -3.84. The van der Waals surface area contributed by atoms with Crippen LogP contribution in [0, 0.1) is 11.3 Å². The summed E-state index contributed by atoms with van der Waals surface area (Å²) in [7, 11) is -3.84. The molecular weight excluding hydrogens is 332 g/mol. The van der Waals surface area contributed by atoms with Crippen LogP contribution in [-0.2, 0) is 9.84 Å². The molecule has 3 rings (SSSR count). The number of sulfone groups is 1. The lowest BCUT2D eigenvalue weighted by Crippen LogP contribution is -2.03. The molecule has 0 aliphatic carbocycles. The van der Waals surface area contributed by atoms with Crippen molar-refractivity contribution in [1.82, 2.24) is 4.57 Å². The Hall–Kier alpha value is -2.84. The number of nitrogens with zero attached hydrogens (tertiary/aromatic N) is 2. The second-order valence-electron chi connectivity index (χ2n) is 6.04. The Morgan fingerprint density at radius 1 is 1.08 bits per heavy atom. The normalized spacial score (nSPS) is 12.5. The van der Waals surface area contributed by atoms with Gasteiger partial charge in [-0.15, -0.1) is 0 Å². The maximum Gasteiger partial charge on any atom is 0.216 e. The minimum absolute atomic E-state index is 0.121. The molecule has 0 aliphatic heterocycles. The van der Waals surface area contributed by atoms with Crippen molar-refractivity contribution in [3.8, 4) is 6.07 Å². The molecule has 2 aromatic carbocycles. The molecule has 0 fully saturated rings. The zero-order chi connectivity index (χ0) is 18.0. The van der Waals surface area contributed by atoms with Crippen molar-refractivity contribution in [1.29, 1.82) is 5.26 Å². The number of rotatable bonds is 4. The molecule has 1 aromatic heterocycles. The Morgan fingerprint density at radius 3 is 2.36 bits per heavy atom. The highest BCUT2D eigenvalue weighted by molar-refractivity contribution is 7.95. The number of nitriles is 1. The van der Waals surface area contributed by atoms with E-state index in [4.69, 9.17) is 0 Å². The Bertz CT molecular complexity index is 1090. The summed E-state index contributed by atoms with van der Waals surface area (Å²) in [6.07, 6.45) is 3.36. The zero-order valence-electron chi connectivity index (χ0n) is 14.0. The van der Waals surface area contributed by atoms with Crippen LogP contribution < -0.4 is 0 Å². The second kappa shape index (κ2) is 6.58. The predicted molar refractivity (Wildman–Crippen MR) is 99.5 cm³/mol. The van der Waals surface area contributed by atoms with Gasteiger partial charge in [-0.05, 0) is 38.1 Å². The molecule has 4 nitrogen and oxygen atoms in total. The van der Waals surface area contributed by atoms with E-state index >= 15 is 0 Å². The van der Waals surface area contributed by atoms with Gasteiger partial charge in [-0.3, -0.25) is 0 Å². The Balaban J connectivity index is 2.20. The van der Waals surface area contributed by atoms with Gasteiger partial charge >= 0.3 is 0 Å². The van der Waals surface area contributed by atoms with Crippen molar-refractivity contribution < 1.29 is 8.42 Å². The van der Waals surface area contributed by atoms with Crippen molar-refractivity contribution in [2.75, 3.05) is 0 Å². The van der Waals surface area contributed by atoms with E-state index in [9.17, 15) is 13.7 Å². The molecule has 1 heterocycles. The maximum atomic E-state index is 12.7. The average Bonchev–Trinajstić information content (AvgIpc) is 2.99. The highest BCUT2D eigenvalue weighted by Gasteiger charge is 2.21. The van der Waals surface area contributed by atoms with Crippen molar-refractivity contribution >= 4 is 26.8 Å². The fourth-order valence-corrected chi connectivity index (χ4v) is 3.98. The van der Waals surface area contributed by atoms with Crippen molar-refractivity contribution in [2.45, 2.75) is 24.8 Å². The van der Waals surface area contributed by atoms with Gasteiger partial charge in [-0.1, -0.05) is 36.4 Å². The SMILES string of the molecule is CC(C)n1cc(/C=C(\C#N)S(=O)(=O)c2ccccc2)c2ccccc21. The van der Waals surface area contributed by atoms with Gasteiger partial charge in [0, 0.05) is 28.7 Å². The van der Waals surface area contributed by atoms with Crippen LogP contribution >= 0.6 is 0 Å². The number of fused-ring (bicyclic) bond motifs is 1. The Morgan fingerprint density at radius 2 is 1.72 bits per heavy atom. The quantitative estimate of drug-likeness (QED) is 0.648. The third-order valence-corrected chi connectivity index (χ3v) is 5.75. The van der Waals surface area contributed by atoms with Crippen LogP contribution in [0.4, 0.5) is 0 Å². The van der Waals surface area contributed by atoms with Gasteiger partial charge in [-0.25, -0.2) is 8.42 Å². The van der Waals surface area contributed by atoms with E-state index in [0.29, 0.717) is 0 Å². The third kappa shape index (κ3) is 3.09. The number of para-hydroxylation sites is 1. The molecular formula is C20H18N2O2S. The van der Waals surface area contributed by atoms with Gasteiger partial charge in [0.2, 0.25) is 9.84 Å². The van der Waals surface area contributed by atoms with Gasteiger partial charge in [0.1, 0.15) is 11.0 Å². The van der Waals surface area contributed by atoms with Gasteiger partial charge in [0.25, 0.3) is 0 Å². The zero-order valence-corrected chi connectivity index (χ0v) is 14.9. The molecule has 0 atom stereocenters. The van der Waals surface area contributed by atoms with Crippen molar-refractivity contribution in [2.24, 2.45) is 0 Å². The molecule has 0 bridgehead atoms. The number of benzene rings is 2. The van der Waals surface area contributed by atoms with Crippen LogP contribution in [-0.4, -0.2) is 13.0 Å². The van der Waals surface area contributed by atoms with Gasteiger partial charge < -0.3 is 4.57 Å². The summed E-state index contributed by atoms with van der Waals surface area (Å²) in [6, 6.07) is 17.9. The Labute approximate surface area is 147 Å². The molecule has 3 aromatic rings. The first-order valence-corrected chi connectivity index (χ1v) is 9.45. The highest BCUT2D eigenvalue weighted by atomic mass is 32.2. The smallest absolute Gasteiger partial charge is 0.216 e. The van der Waals surface area contributed by atoms with E-state index in [2.05, 4.69) is 18.4 Å². The van der Waals surface area contributed by atoms with Crippen LogP contribution in [0.2, 0.25) is 0 Å². The largest absolute Gasteiger partial charge is 0.344 e. The van der Waals surface area contributed by atoms with E-state index in [1.807, 2.05) is 36.5 Å². The molecule has 0 saturated heterocycles. The number of allylic oxidation sites excluding steroid dienone is 1. The van der Waals surface area contributed by atoms with Crippen LogP contribution in [0.5, 0.6) is 0 Å². The lowest BCUT2D eigenvalue weighted by molar-refractivity contribution is 0.603. The molecule has 0 unspecified atom stereocenters. The molecule has 0 N–H and O–H groups in total. The second-order valence-corrected chi connectivity index (χ2v) is 7.96. The number of hydrogen-bond donors (Lipinski definition) is 0. The number of aromatic nitrogens is 1. The predicted octanol–water partition coefficient (Wildman–Crippen LogP) is 4.56. The monoisotopic (exact) mass is 350 g/mol. The maximum absolute atomic E-state index is 12.7. The lowest BCUT2D eigenvalue weighted by atomic mass is 10.1. The topological polar surface area (TPSA) is 62.9 Å². The summed E-state index contributed by atoms with van der Waals surface area (Å²) in [5, 5.41) is 10.4. The minimum Gasteiger partial charge on any atom is -0.344 e. The molecule has 5 heteroatoms. The summed E-state index contributed by atoms with van der Waals surface area (Å²) < 4.78 is 27.6. The van der Waals surface area contributed by atoms with Crippen LogP contribution in [0.25, 0.3) is 17.0 Å². The fourth-order valence-electron chi connectivity index (χ4n) is 2.81. The highest BCUT2D eigenvalue weighted by Crippen LogP contribution is 2.28. The van der Waals surface area contributed by atoms with E-state index < -0.39 is 9.84 Å². The summed E-state index contributed by atoms with van der Waals surface area (Å²) in [5.74, 6) is 0. The molecule has 0 amide bonds. The first-order chi connectivity index (χ1) is 11.9. The van der Waals surface area contributed by atoms with E-state index in [1.165, 1.54) is 18.2 Å². The van der Waals surface area contributed by atoms with Gasteiger partial charge in [-0.2, -0.15) is 5.26 Å². The summed E-state index contributed by atoms with van der Waals surface area (Å²) in [4.78, 5) is -0.138. The molecule has 126 valence electrons. The first-order valence-electron chi connectivity index (χ1n) is 7.96. The van der Waals surface area contributed by atoms with E-state index in [0.717, 1.165) is 16.5 Å². The van der Waals surface area contributed by atoms with E-state index in [1.54, 1.807) is 18.2 Å². The van der Waals surface area contributed by atoms with Crippen LogP contribution in [0.1, 0.15) is 25.5 Å². The third-order valence-electron chi connectivity index (χ3n) is 4.07. The van der Waals surface area contributed by atoms with Crippen LogP contribution in [0.3, 0.4) is 0 Å². The molecule has 0 aliphatic rings. The average molecular weight is 350 g/mol. The van der Waals surface area contributed by atoms with E-state index in [-0.39, 0.29) is 15.8 Å². The first kappa shape index (κ1) is 17.0. The number of hydrogen-bond acceptors (Lipinski definition) is 3. The standard InChI is InChI=1S/C20H18N2O2S/c1-15(2)22-14-16(19-10-6-7-11-20(19)22)12-18(13-21)25(23,24)17-8-4-3-5-9-17/h3-12,14-15H,1-2H3/b18-12+. The lowest BCUT2D eigenvalue weighted by Gasteiger charge is -2.08. The molecule has 0 spiro atoms. The fraction of sp³-hybridized carbons (Fsp3) is 0.150. The Kier molecular flexibility index (Phi) is 4.47. The van der Waals surface area contributed by atoms with Crippen molar-refractivity contribution in [3.05, 3.63) is 71.3 Å². The molecule has 0 saturated carbocycles. The molecule has 25 heavy (non-hydrogen) atoms. The summed E-state index contributed by atoms with van der Waals surface area (Å²) in [5.41, 5.74) is 1.73. The summed E-state index contributed by atoms with van der Waals surface area (Å²) in [6.45, 7) is 4.12.